The van der Waals surface area contributed by atoms with Crippen molar-refractivity contribution in [3.8, 4) is 0 Å². The molecule has 2 rings (SSSR count). The van der Waals surface area contributed by atoms with Crippen molar-refractivity contribution in [3.63, 3.8) is 0 Å². The summed E-state index contributed by atoms with van der Waals surface area (Å²) in [7, 11) is 0. The summed E-state index contributed by atoms with van der Waals surface area (Å²) in [5.41, 5.74) is 5.18. The van der Waals surface area contributed by atoms with E-state index in [-0.39, 0.29) is 5.91 Å². The topological polar surface area (TPSA) is 100 Å². The van der Waals surface area contributed by atoms with Crippen molar-refractivity contribution >= 4 is 11.9 Å². The quantitative estimate of drug-likeness (QED) is 0.499. The van der Waals surface area contributed by atoms with E-state index in [1.165, 1.54) is 0 Å². The van der Waals surface area contributed by atoms with E-state index in [0.29, 0.717) is 13.0 Å². The maximum atomic E-state index is 11.7. The summed E-state index contributed by atoms with van der Waals surface area (Å²) in [6.45, 7) is 0.318. The summed E-state index contributed by atoms with van der Waals surface area (Å²) >= 11 is 0. The molecule has 1 aliphatic rings. The highest BCUT2D eigenvalue weighted by Crippen LogP contribution is 2.27. The standard InChI is InChI=1S/C9H12N4O2/c10-3-2-9(6-1-4-11-5-6)7(14)12-8(15)13-9/h1,4-5,11H,2-3,10H2,(H2,12,13,14,15). The van der Waals surface area contributed by atoms with E-state index in [2.05, 4.69) is 15.6 Å². The lowest BCUT2D eigenvalue weighted by atomic mass is 9.89. The van der Waals surface area contributed by atoms with Gasteiger partial charge in [-0.1, -0.05) is 0 Å². The molecule has 6 nitrogen and oxygen atoms in total. The van der Waals surface area contributed by atoms with Gasteiger partial charge in [-0.05, 0) is 19.0 Å². The molecule has 3 amide bonds. The van der Waals surface area contributed by atoms with E-state index in [1.54, 1.807) is 18.5 Å². The van der Waals surface area contributed by atoms with Crippen molar-refractivity contribution in [1.82, 2.24) is 15.6 Å². The Bertz CT molecular complexity index is 387. The van der Waals surface area contributed by atoms with E-state index in [9.17, 15) is 9.59 Å². The smallest absolute Gasteiger partial charge is 0.322 e. The fourth-order valence-corrected chi connectivity index (χ4v) is 1.82. The highest BCUT2D eigenvalue weighted by Gasteiger charge is 2.47. The number of carbonyl (C=O) groups excluding carboxylic acids is 2. The molecule has 1 aromatic heterocycles. The van der Waals surface area contributed by atoms with Gasteiger partial charge < -0.3 is 16.0 Å². The minimum absolute atomic E-state index is 0.318. The van der Waals surface area contributed by atoms with Crippen LogP contribution >= 0.6 is 0 Å². The SMILES string of the molecule is NCCC1(c2cc[nH]c2)NC(=O)NC1=O. The van der Waals surface area contributed by atoms with Gasteiger partial charge in [0.1, 0.15) is 5.54 Å². The van der Waals surface area contributed by atoms with E-state index < -0.39 is 11.6 Å². The number of amides is 3. The van der Waals surface area contributed by atoms with Crippen LogP contribution in [-0.4, -0.2) is 23.5 Å². The molecule has 1 unspecified atom stereocenters. The van der Waals surface area contributed by atoms with Gasteiger partial charge in [-0.15, -0.1) is 0 Å². The number of urea groups is 1. The third-order valence-electron chi connectivity index (χ3n) is 2.55. The minimum atomic E-state index is -1.01. The van der Waals surface area contributed by atoms with Crippen molar-refractivity contribution in [2.45, 2.75) is 12.0 Å². The summed E-state index contributed by atoms with van der Waals surface area (Å²) in [6.07, 6.45) is 3.76. The predicted octanol–water partition coefficient (Wildman–Crippen LogP) is -0.602. The maximum Gasteiger partial charge on any atom is 0.322 e. The Hall–Kier alpha value is -1.82. The first-order valence-corrected chi connectivity index (χ1v) is 4.66. The van der Waals surface area contributed by atoms with Gasteiger partial charge in [-0.2, -0.15) is 0 Å². The first-order valence-electron chi connectivity index (χ1n) is 4.66. The van der Waals surface area contributed by atoms with Crippen molar-refractivity contribution in [2.24, 2.45) is 5.73 Å². The Morgan fingerprint density at radius 1 is 1.40 bits per heavy atom. The fourth-order valence-electron chi connectivity index (χ4n) is 1.82. The Kier molecular flexibility index (Phi) is 2.20. The highest BCUT2D eigenvalue weighted by molar-refractivity contribution is 6.07. The molecule has 1 aliphatic heterocycles. The molecule has 2 heterocycles. The number of H-pyrrole nitrogens is 1. The Labute approximate surface area is 86.2 Å². The largest absolute Gasteiger partial charge is 0.367 e. The zero-order valence-corrected chi connectivity index (χ0v) is 8.04. The second-order valence-electron chi connectivity index (χ2n) is 3.45. The number of imide groups is 1. The van der Waals surface area contributed by atoms with Crippen LogP contribution in [0.1, 0.15) is 12.0 Å². The molecule has 0 radical (unpaired) electrons. The first kappa shape index (κ1) is 9.72. The second kappa shape index (κ2) is 3.39. The number of aromatic amines is 1. The van der Waals surface area contributed by atoms with E-state index in [4.69, 9.17) is 5.73 Å². The molecule has 0 spiro atoms. The average Bonchev–Trinajstić information content (AvgIpc) is 2.76. The van der Waals surface area contributed by atoms with Crippen LogP contribution < -0.4 is 16.4 Å². The van der Waals surface area contributed by atoms with Crippen molar-refractivity contribution in [3.05, 3.63) is 24.0 Å². The molecule has 6 heteroatoms. The van der Waals surface area contributed by atoms with Gasteiger partial charge in [0.25, 0.3) is 5.91 Å². The van der Waals surface area contributed by atoms with Gasteiger partial charge >= 0.3 is 6.03 Å². The van der Waals surface area contributed by atoms with Crippen LogP contribution in [0, 0.1) is 0 Å². The molecular formula is C9H12N4O2. The minimum Gasteiger partial charge on any atom is -0.367 e. The third kappa shape index (κ3) is 1.39. The molecule has 15 heavy (non-hydrogen) atoms. The summed E-state index contributed by atoms with van der Waals surface area (Å²) < 4.78 is 0. The summed E-state index contributed by atoms with van der Waals surface area (Å²) in [4.78, 5) is 25.7. The third-order valence-corrected chi connectivity index (χ3v) is 2.55. The van der Waals surface area contributed by atoms with E-state index in [0.717, 1.165) is 5.56 Å². The van der Waals surface area contributed by atoms with Crippen LogP contribution in [0.2, 0.25) is 0 Å². The lowest BCUT2D eigenvalue weighted by molar-refractivity contribution is -0.124. The van der Waals surface area contributed by atoms with Crippen molar-refractivity contribution in [1.29, 1.82) is 0 Å². The molecule has 5 N–H and O–H groups in total. The van der Waals surface area contributed by atoms with Crippen LogP contribution in [0.4, 0.5) is 4.79 Å². The molecule has 1 saturated heterocycles. The normalized spacial score (nSPS) is 25.1. The number of nitrogens with two attached hydrogens (primary N) is 1. The van der Waals surface area contributed by atoms with Crippen LogP contribution in [0.3, 0.4) is 0 Å². The van der Waals surface area contributed by atoms with Crippen LogP contribution in [0.25, 0.3) is 0 Å². The lowest BCUT2D eigenvalue weighted by Gasteiger charge is -2.24. The summed E-state index contributed by atoms with van der Waals surface area (Å²) in [5.74, 6) is -0.349. The maximum absolute atomic E-state index is 11.7. The number of hydrogen-bond acceptors (Lipinski definition) is 3. The first-order chi connectivity index (χ1) is 7.19. The van der Waals surface area contributed by atoms with Gasteiger partial charge in [0, 0.05) is 18.0 Å². The van der Waals surface area contributed by atoms with Gasteiger partial charge in [0.2, 0.25) is 0 Å². The van der Waals surface area contributed by atoms with Crippen molar-refractivity contribution in [2.75, 3.05) is 6.54 Å². The van der Waals surface area contributed by atoms with Gasteiger partial charge in [0.15, 0.2) is 0 Å². The summed E-state index contributed by atoms with van der Waals surface area (Å²) in [5, 5.41) is 4.84. The van der Waals surface area contributed by atoms with Gasteiger partial charge in [0.05, 0.1) is 0 Å². The van der Waals surface area contributed by atoms with Crippen LogP contribution in [-0.2, 0) is 10.3 Å². The van der Waals surface area contributed by atoms with E-state index >= 15 is 0 Å². The molecule has 1 atom stereocenters. The zero-order valence-electron chi connectivity index (χ0n) is 8.04. The molecule has 0 aromatic carbocycles. The second-order valence-corrected chi connectivity index (χ2v) is 3.45. The molecule has 1 aromatic rings. The van der Waals surface area contributed by atoms with Gasteiger partial charge in [-0.3, -0.25) is 10.1 Å². The number of rotatable bonds is 3. The lowest BCUT2D eigenvalue weighted by Crippen LogP contribution is -2.45. The molecule has 80 valence electrons. The molecular weight excluding hydrogens is 196 g/mol. The monoisotopic (exact) mass is 208 g/mol. The van der Waals surface area contributed by atoms with Crippen LogP contribution in [0.15, 0.2) is 18.5 Å². The molecule has 0 saturated carbocycles. The zero-order chi connectivity index (χ0) is 10.9. The Morgan fingerprint density at radius 2 is 2.20 bits per heavy atom. The molecule has 0 aliphatic carbocycles. The van der Waals surface area contributed by atoms with Gasteiger partial charge in [-0.25, -0.2) is 4.79 Å². The number of hydrogen-bond donors (Lipinski definition) is 4. The molecule has 0 bridgehead atoms. The Morgan fingerprint density at radius 3 is 2.67 bits per heavy atom. The Balaban J connectivity index is 2.41. The van der Waals surface area contributed by atoms with Crippen molar-refractivity contribution < 1.29 is 9.59 Å². The number of aromatic nitrogens is 1. The fraction of sp³-hybridized carbons (Fsp3) is 0.333. The molecule has 1 fully saturated rings. The van der Waals surface area contributed by atoms with Crippen LogP contribution in [0.5, 0.6) is 0 Å². The highest BCUT2D eigenvalue weighted by atomic mass is 16.2. The number of carbonyl (C=O) groups is 2. The summed E-state index contributed by atoms with van der Waals surface area (Å²) in [6, 6.07) is 1.27. The average molecular weight is 208 g/mol. The number of nitrogens with one attached hydrogen (secondary N) is 3. The predicted molar refractivity (Wildman–Crippen MR) is 52.8 cm³/mol. The van der Waals surface area contributed by atoms with E-state index in [1.807, 2.05) is 0 Å².